The number of allylic oxidation sites excluding steroid dienone is 1. The predicted molar refractivity (Wildman–Crippen MR) is 107 cm³/mol. The molecule has 0 heterocycles. The van der Waals surface area contributed by atoms with E-state index in [4.69, 9.17) is 16.3 Å². The number of benzene rings is 3. The molecule has 3 rings (SSSR count). The Morgan fingerprint density at radius 2 is 1.82 bits per heavy atom. The number of carbonyl (C=O) groups excluding carboxylic acids is 1. The van der Waals surface area contributed by atoms with Crippen molar-refractivity contribution in [2.45, 2.75) is 6.42 Å². The molecule has 0 saturated heterocycles. The van der Waals surface area contributed by atoms with Gasteiger partial charge < -0.3 is 4.74 Å². The molecule has 0 N–H and O–H groups in total. The van der Waals surface area contributed by atoms with Gasteiger partial charge in [0.2, 0.25) is 0 Å². The van der Waals surface area contributed by atoms with Gasteiger partial charge in [-0.2, -0.15) is 5.26 Å². The molecule has 3 nitrogen and oxygen atoms in total. The molecule has 0 bridgehead atoms. The van der Waals surface area contributed by atoms with Crippen molar-refractivity contribution in [1.29, 1.82) is 5.26 Å². The maximum Gasteiger partial charge on any atom is 0.315 e. The van der Waals surface area contributed by atoms with Gasteiger partial charge in [0, 0.05) is 5.02 Å². The fraction of sp³-hybridized carbons (Fsp3) is 0.0435. The number of ether oxygens (including phenoxy) is 1. The Hall–Kier alpha value is -3.42. The van der Waals surface area contributed by atoms with Crippen molar-refractivity contribution in [3.05, 3.63) is 100 Å². The molecule has 0 aliphatic carbocycles. The molecule has 0 fully saturated rings. The zero-order valence-electron chi connectivity index (χ0n) is 14.7. The van der Waals surface area contributed by atoms with E-state index in [1.54, 1.807) is 66.7 Å². The Labute approximate surface area is 167 Å². The van der Waals surface area contributed by atoms with Crippen molar-refractivity contribution in [2.24, 2.45) is 0 Å². The van der Waals surface area contributed by atoms with Crippen molar-refractivity contribution >= 4 is 29.2 Å². The summed E-state index contributed by atoms with van der Waals surface area (Å²) in [6.07, 6.45) is 1.73. The molecule has 0 radical (unpaired) electrons. The second-order valence-corrected chi connectivity index (χ2v) is 6.47. The Morgan fingerprint density at radius 1 is 1.07 bits per heavy atom. The molecule has 0 aromatic heterocycles. The van der Waals surface area contributed by atoms with Crippen LogP contribution in [0, 0.1) is 17.1 Å². The zero-order chi connectivity index (χ0) is 19.9. The van der Waals surface area contributed by atoms with Crippen LogP contribution in [0.2, 0.25) is 5.02 Å². The molecule has 3 aromatic rings. The molecule has 0 unspecified atom stereocenters. The van der Waals surface area contributed by atoms with Gasteiger partial charge in [0.15, 0.2) is 0 Å². The number of hydrogen-bond donors (Lipinski definition) is 0. The van der Waals surface area contributed by atoms with Crippen molar-refractivity contribution in [2.75, 3.05) is 0 Å². The van der Waals surface area contributed by atoms with Crippen LogP contribution >= 0.6 is 11.6 Å². The average molecular weight is 392 g/mol. The van der Waals surface area contributed by atoms with E-state index in [1.165, 1.54) is 12.1 Å². The predicted octanol–water partition coefficient (Wildman–Crippen LogP) is 5.69. The lowest BCUT2D eigenvalue weighted by atomic mass is 10.0. The lowest BCUT2D eigenvalue weighted by molar-refractivity contribution is -0.133. The standard InChI is InChI=1S/C23H15ClFNO2/c24-20-5-2-4-18(14-20)19(15-26)11-17-3-1-6-22(12-17)28-23(27)13-16-7-9-21(25)10-8-16/h1-12,14H,13H2/b19-11-. The van der Waals surface area contributed by atoms with Crippen molar-refractivity contribution in [1.82, 2.24) is 0 Å². The van der Waals surface area contributed by atoms with E-state index in [0.29, 0.717) is 33.0 Å². The van der Waals surface area contributed by atoms with Crippen LogP contribution in [-0.4, -0.2) is 5.97 Å². The minimum absolute atomic E-state index is 0.0340. The van der Waals surface area contributed by atoms with Gasteiger partial charge in [0.25, 0.3) is 0 Å². The summed E-state index contributed by atoms with van der Waals surface area (Å²) in [6.45, 7) is 0. The highest BCUT2D eigenvalue weighted by atomic mass is 35.5. The van der Waals surface area contributed by atoms with Crippen LogP contribution in [0.3, 0.4) is 0 Å². The number of rotatable bonds is 5. The van der Waals surface area contributed by atoms with Crippen molar-refractivity contribution in [3.63, 3.8) is 0 Å². The van der Waals surface area contributed by atoms with Crippen LogP contribution in [-0.2, 0) is 11.2 Å². The Morgan fingerprint density at radius 3 is 2.54 bits per heavy atom. The summed E-state index contributed by atoms with van der Waals surface area (Å²) in [5.74, 6) is -0.447. The van der Waals surface area contributed by atoms with Crippen LogP contribution in [0.15, 0.2) is 72.8 Å². The van der Waals surface area contributed by atoms with Gasteiger partial charge in [0.1, 0.15) is 11.6 Å². The maximum absolute atomic E-state index is 12.9. The third kappa shape index (κ3) is 5.29. The lowest BCUT2D eigenvalue weighted by Crippen LogP contribution is -2.11. The minimum atomic E-state index is -0.455. The third-order valence-corrected chi connectivity index (χ3v) is 4.15. The first kappa shape index (κ1) is 19.3. The molecular weight excluding hydrogens is 377 g/mol. The number of carbonyl (C=O) groups is 1. The van der Waals surface area contributed by atoms with E-state index in [9.17, 15) is 14.4 Å². The molecule has 0 spiro atoms. The van der Waals surface area contributed by atoms with E-state index < -0.39 is 5.97 Å². The number of halogens is 2. The van der Waals surface area contributed by atoms with Crippen LogP contribution in [0.4, 0.5) is 4.39 Å². The van der Waals surface area contributed by atoms with E-state index >= 15 is 0 Å². The van der Waals surface area contributed by atoms with Crippen LogP contribution in [0.5, 0.6) is 5.75 Å². The number of nitriles is 1. The topological polar surface area (TPSA) is 50.1 Å². The molecule has 138 valence electrons. The molecule has 3 aromatic carbocycles. The summed E-state index contributed by atoms with van der Waals surface area (Å²) in [4.78, 5) is 12.1. The molecule has 28 heavy (non-hydrogen) atoms. The summed E-state index contributed by atoms with van der Waals surface area (Å²) in [7, 11) is 0. The molecule has 0 aliphatic rings. The fourth-order valence-corrected chi connectivity index (χ4v) is 2.80. The van der Waals surface area contributed by atoms with Gasteiger partial charge in [0.05, 0.1) is 18.1 Å². The van der Waals surface area contributed by atoms with E-state index in [2.05, 4.69) is 6.07 Å². The van der Waals surface area contributed by atoms with E-state index in [-0.39, 0.29) is 12.2 Å². The van der Waals surface area contributed by atoms with Gasteiger partial charge >= 0.3 is 5.97 Å². The van der Waals surface area contributed by atoms with E-state index in [0.717, 1.165) is 0 Å². The molecule has 0 aliphatic heterocycles. The summed E-state index contributed by atoms with van der Waals surface area (Å²) < 4.78 is 18.3. The van der Waals surface area contributed by atoms with Gasteiger partial charge in [-0.05, 0) is 59.2 Å². The Balaban J connectivity index is 1.75. The first-order chi connectivity index (χ1) is 13.5. The van der Waals surface area contributed by atoms with Crippen LogP contribution in [0.1, 0.15) is 16.7 Å². The van der Waals surface area contributed by atoms with Crippen molar-refractivity contribution in [3.8, 4) is 11.8 Å². The summed E-state index contributed by atoms with van der Waals surface area (Å²) in [5.41, 5.74) is 2.52. The lowest BCUT2D eigenvalue weighted by Gasteiger charge is -2.06. The quantitative estimate of drug-likeness (QED) is 0.243. The van der Waals surface area contributed by atoms with Gasteiger partial charge in [-0.1, -0.05) is 48.0 Å². The second kappa shape index (κ2) is 8.98. The first-order valence-corrected chi connectivity index (χ1v) is 8.84. The number of hydrogen-bond acceptors (Lipinski definition) is 3. The van der Waals surface area contributed by atoms with Crippen molar-refractivity contribution < 1.29 is 13.9 Å². The summed E-state index contributed by atoms with van der Waals surface area (Å²) in [5, 5.41) is 10.0. The normalized spacial score (nSPS) is 11.0. The highest BCUT2D eigenvalue weighted by molar-refractivity contribution is 6.30. The van der Waals surface area contributed by atoms with Crippen LogP contribution in [0.25, 0.3) is 11.6 Å². The number of esters is 1. The smallest absolute Gasteiger partial charge is 0.315 e. The zero-order valence-corrected chi connectivity index (χ0v) is 15.5. The van der Waals surface area contributed by atoms with Gasteiger partial charge in [-0.15, -0.1) is 0 Å². The Bertz CT molecular complexity index is 1070. The first-order valence-electron chi connectivity index (χ1n) is 8.46. The second-order valence-electron chi connectivity index (χ2n) is 6.03. The summed E-state index contributed by atoms with van der Waals surface area (Å²) in [6, 6.07) is 21.7. The fourth-order valence-electron chi connectivity index (χ4n) is 2.61. The SMILES string of the molecule is N#C/C(=C/c1cccc(OC(=O)Cc2ccc(F)cc2)c1)c1cccc(Cl)c1. The largest absolute Gasteiger partial charge is 0.426 e. The summed E-state index contributed by atoms with van der Waals surface area (Å²) >= 11 is 5.99. The maximum atomic E-state index is 12.9. The molecular formula is C23H15ClFNO2. The monoisotopic (exact) mass is 391 g/mol. The minimum Gasteiger partial charge on any atom is -0.426 e. The highest BCUT2D eigenvalue weighted by Crippen LogP contribution is 2.23. The molecule has 5 heteroatoms. The van der Waals surface area contributed by atoms with Crippen LogP contribution < -0.4 is 4.74 Å². The molecule has 0 amide bonds. The molecule has 0 saturated carbocycles. The van der Waals surface area contributed by atoms with Gasteiger partial charge in [-0.25, -0.2) is 4.39 Å². The highest BCUT2D eigenvalue weighted by Gasteiger charge is 2.08. The average Bonchev–Trinajstić information content (AvgIpc) is 2.68. The number of nitrogens with zero attached hydrogens (tertiary/aromatic N) is 1. The Kier molecular flexibility index (Phi) is 6.21. The molecule has 0 atom stereocenters. The third-order valence-electron chi connectivity index (χ3n) is 3.92. The van der Waals surface area contributed by atoms with Gasteiger partial charge in [-0.3, -0.25) is 4.79 Å². The van der Waals surface area contributed by atoms with E-state index in [1.807, 2.05) is 0 Å².